The van der Waals surface area contributed by atoms with Gasteiger partial charge in [0, 0.05) is 44.1 Å². The molecule has 4 nitrogen and oxygen atoms in total. The number of aromatic nitrogens is 2. The minimum Gasteiger partial charge on any atom is -0.346 e. The summed E-state index contributed by atoms with van der Waals surface area (Å²) in [6, 6.07) is 0. The molecule has 0 saturated carbocycles. The lowest BCUT2D eigenvalue weighted by Gasteiger charge is -2.14. The molecule has 2 saturated heterocycles. The first-order valence-corrected chi connectivity index (χ1v) is 6.92. The highest BCUT2D eigenvalue weighted by Gasteiger charge is 2.37. The van der Waals surface area contributed by atoms with Crippen molar-refractivity contribution in [3.05, 3.63) is 5.82 Å². The molecule has 0 aliphatic carbocycles. The van der Waals surface area contributed by atoms with Gasteiger partial charge in [-0.3, -0.25) is 0 Å². The fourth-order valence-corrected chi connectivity index (χ4v) is 3.44. The molecule has 0 aromatic carbocycles. The van der Waals surface area contributed by atoms with Crippen molar-refractivity contribution in [2.45, 2.75) is 19.8 Å². The highest BCUT2D eigenvalue weighted by atomic mass is 32.1. The monoisotopic (exact) mass is 238 g/mol. The van der Waals surface area contributed by atoms with Gasteiger partial charge in [-0.2, -0.15) is 4.37 Å². The van der Waals surface area contributed by atoms with E-state index in [2.05, 4.69) is 26.5 Å². The average molecular weight is 238 g/mol. The molecule has 5 heteroatoms. The number of aryl methyl sites for hydroxylation is 1. The minimum absolute atomic E-state index is 0.832. The molecule has 0 amide bonds. The first kappa shape index (κ1) is 10.5. The van der Waals surface area contributed by atoms with Crippen LogP contribution in [0, 0.1) is 11.8 Å². The van der Waals surface area contributed by atoms with E-state index in [-0.39, 0.29) is 0 Å². The van der Waals surface area contributed by atoms with E-state index in [0.29, 0.717) is 0 Å². The van der Waals surface area contributed by atoms with Crippen molar-refractivity contribution < 1.29 is 0 Å². The van der Waals surface area contributed by atoms with Gasteiger partial charge in [0.1, 0.15) is 5.82 Å². The fraction of sp³-hybridized carbons (Fsp3) is 0.818. The molecule has 2 fully saturated rings. The largest absolute Gasteiger partial charge is 0.346 e. The summed E-state index contributed by atoms with van der Waals surface area (Å²) >= 11 is 1.57. The molecule has 2 atom stereocenters. The summed E-state index contributed by atoms with van der Waals surface area (Å²) in [6.45, 7) is 6.87. The summed E-state index contributed by atoms with van der Waals surface area (Å²) < 4.78 is 4.42. The van der Waals surface area contributed by atoms with Gasteiger partial charge < -0.3 is 10.2 Å². The number of fused-ring (bicyclic) bond motifs is 1. The van der Waals surface area contributed by atoms with Crippen LogP contribution in [0.1, 0.15) is 19.2 Å². The molecule has 1 aromatic heterocycles. The topological polar surface area (TPSA) is 41.1 Å². The van der Waals surface area contributed by atoms with Gasteiger partial charge in [-0.15, -0.1) is 0 Å². The van der Waals surface area contributed by atoms with Crippen molar-refractivity contribution in [1.29, 1.82) is 0 Å². The quantitative estimate of drug-likeness (QED) is 0.857. The molecule has 3 rings (SSSR count). The zero-order chi connectivity index (χ0) is 11.0. The van der Waals surface area contributed by atoms with Crippen molar-refractivity contribution >= 4 is 16.7 Å². The molecule has 0 spiro atoms. The number of hydrogen-bond donors (Lipinski definition) is 1. The van der Waals surface area contributed by atoms with Gasteiger partial charge in [-0.05, 0) is 18.3 Å². The Labute approximate surface area is 100 Å². The lowest BCUT2D eigenvalue weighted by Crippen LogP contribution is -2.25. The van der Waals surface area contributed by atoms with Crippen LogP contribution in [0.4, 0.5) is 5.13 Å². The zero-order valence-electron chi connectivity index (χ0n) is 9.65. The Morgan fingerprint density at radius 2 is 2.12 bits per heavy atom. The first-order chi connectivity index (χ1) is 7.86. The number of nitrogens with zero attached hydrogens (tertiary/aromatic N) is 3. The van der Waals surface area contributed by atoms with Gasteiger partial charge in [0.2, 0.25) is 5.13 Å². The Bertz CT molecular complexity index is 353. The third-order valence-corrected chi connectivity index (χ3v) is 4.41. The molecule has 2 aliphatic rings. The van der Waals surface area contributed by atoms with Crippen LogP contribution >= 0.6 is 11.5 Å². The van der Waals surface area contributed by atoms with Gasteiger partial charge in [0.15, 0.2) is 0 Å². The lowest BCUT2D eigenvalue weighted by atomic mass is 10.0. The molecule has 16 heavy (non-hydrogen) atoms. The van der Waals surface area contributed by atoms with Gasteiger partial charge in [-0.25, -0.2) is 4.98 Å². The van der Waals surface area contributed by atoms with Crippen molar-refractivity contribution in [2.24, 2.45) is 11.8 Å². The molecule has 0 bridgehead atoms. The van der Waals surface area contributed by atoms with Crippen molar-refractivity contribution in [3.8, 4) is 0 Å². The van der Waals surface area contributed by atoms with E-state index in [1.165, 1.54) is 26.2 Å². The van der Waals surface area contributed by atoms with E-state index in [4.69, 9.17) is 0 Å². The highest BCUT2D eigenvalue weighted by Crippen LogP contribution is 2.31. The van der Waals surface area contributed by atoms with Crippen LogP contribution in [0.15, 0.2) is 0 Å². The molecule has 1 aromatic rings. The zero-order valence-corrected chi connectivity index (χ0v) is 10.5. The van der Waals surface area contributed by atoms with E-state index in [0.717, 1.165) is 35.6 Å². The standard InChI is InChI=1S/C11H18N4S/c1-2-3-10-13-11(16-14-10)15-6-8-4-12-5-9(8)7-15/h8-9,12H,2-7H2,1H3/t8-,9+. The summed E-state index contributed by atoms with van der Waals surface area (Å²) in [7, 11) is 0. The van der Waals surface area contributed by atoms with Crippen LogP contribution in [0.5, 0.6) is 0 Å². The van der Waals surface area contributed by atoms with Crippen molar-refractivity contribution in [3.63, 3.8) is 0 Å². The fourth-order valence-electron chi connectivity index (χ4n) is 2.71. The Kier molecular flexibility index (Phi) is 2.81. The maximum Gasteiger partial charge on any atom is 0.205 e. The molecule has 2 aliphatic heterocycles. The van der Waals surface area contributed by atoms with Gasteiger partial charge in [0.25, 0.3) is 0 Å². The maximum absolute atomic E-state index is 4.62. The smallest absolute Gasteiger partial charge is 0.205 e. The first-order valence-electron chi connectivity index (χ1n) is 6.15. The highest BCUT2D eigenvalue weighted by molar-refractivity contribution is 7.09. The minimum atomic E-state index is 0.832. The number of hydrogen-bond acceptors (Lipinski definition) is 5. The Balaban J connectivity index is 1.68. The third kappa shape index (κ3) is 1.82. The molecule has 88 valence electrons. The van der Waals surface area contributed by atoms with E-state index < -0.39 is 0 Å². The summed E-state index contributed by atoms with van der Waals surface area (Å²) in [4.78, 5) is 7.05. The second-order valence-corrected chi connectivity index (χ2v) is 5.56. The van der Waals surface area contributed by atoms with Gasteiger partial charge >= 0.3 is 0 Å². The summed E-state index contributed by atoms with van der Waals surface area (Å²) in [5.74, 6) is 2.69. The van der Waals surface area contributed by atoms with E-state index in [9.17, 15) is 0 Å². The third-order valence-electron chi connectivity index (χ3n) is 3.59. The SMILES string of the molecule is CCCc1nsc(N2C[C@H]3CNC[C@H]3C2)n1. The molecule has 1 N–H and O–H groups in total. The average Bonchev–Trinajstić information content (AvgIpc) is 2.88. The van der Waals surface area contributed by atoms with E-state index >= 15 is 0 Å². The van der Waals surface area contributed by atoms with E-state index in [1.54, 1.807) is 11.5 Å². The van der Waals surface area contributed by atoms with Crippen LogP contribution in [0.2, 0.25) is 0 Å². The summed E-state index contributed by atoms with van der Waals surface area (Å²) in [6.07, 6.45) is 2.14. The molecule has 0 unspecified atom stereocenters. The van der Waals surface area contributed by atoms with Crippen LogP contribution < -0.4 is 10.2 Å². The normalized spacial score (nSPS) is 28.7. The lowest BCUT2D eigenvalue weighted by molar-refractivity contribution is 0.533. The van der Waals surface area contributed by atoms with Gasteiger partial charge in [-0.1, -0.05) is 6.92 Å². The summed E-state index contributed by atoms with van der Waals surface area (Å²) in [5.41, 5.74) is 0. The van der Waals surface area contributed by atoms with Crippen LogP contribution in [0.3, 0.4) is 0 Å². The molecule has 3 heterocycles. The van der Waals surface area contributed by atoms with Crippen molar-refractivity contribution in [1.82, 2.24) is 14.7 Å². The van der Waals surface area contributed by atoms with Crippen molar-refractivity contribution in [2.75, 3.05) is 31.1 Å². The van der Waals surface area contributed by atoms with E-state index in [1.807, 2.05) is 0 Å². The predicted molar refractivity (Wildman–Crippen MR) is 66.0 cm³/mol. The predicted octanol–water partition coefficient (Wildman–Crippen LogP) is 1.15. The second-order valence-electron chi connectivity index (χ2n) is 4.83. The Morgan fingerprint density at radius 3 is 2.81 bits per heavy atom. The molecular formula is C11H18N4S. The number of anilines is 1. The molecule has 0 radical (unpaired) electrons. The van der Waals surface area contributed by atoms with Gasteiger partial charge in [0.05, 0.1) is 0 Å². The van der Waals surface area contributed by atoms with Crippen LogP contribution in [-0.4, -0.2) is 35.5 Å². The second kappa shape index (κ2) is 4.30. The number of nitrogens with one attached hydrogen (secondary N) is 1. The summed E-state index contributed by atoms with van der Waals surface area (Å²) in [5, 5.41) is 4.60. The van der Waals surface area contributed by atoms with Crippen LogP contribution in [0.25, 0.3) is 0 Å². The number of rotatable bonds is 3. The maximum atomic E-state index is 4.62. The van der Waals surface area contributed by atoms with Crippen LogP contribution in [-0.2, 0) is 6.42 Å². The Hall–Kier alpha value is -0.680. The Morgan fingerprint density at radius 1 is 1.38 bits per heavy atom. The molecular weight excluding hydrogens is 220 g/mol.